The van der Waals surface area contributed by atoms with Crippen molar-refractivity contribution in [1.82, 2.24) is 20.0 Å². The maximum Gasteiger partial charge on any atom is 0.274 e. The maximum atomic E-state index is 13.2. The molecule has 31 heavy (non-hydrogen) atoms. The Morgan fingerprint density at radius 3 is 2.52 bits per heavy atom. The van der Waals surface area contributed by atoms with Crippen LogP contribution >= 0.6 is 0 Å². The molecular formula is C22H16N6O3. The summed E-state index contributed by atoms with van der Waals surface area (Å²) in [5.41, 5.74) is 3.53. The van der Waals surface area contributed by atoms with Crippen molar-refractivity contribution in [2.75, 3.05) is 0 Å². The highest BCUT2D eigenvalue weighted by molar-refractivity contribution is 6.04. The maximum absolute atomic E-state index is 13.2. The second-order valence-electron chi connectivity index (χ2n) is 7.10. The minimum absolute atomic E-state index is 0.00724. The Morgan fingerprint density at radius 2 is 1.81 bits per heavy atom. The van der Waals surface area contributed by atoms with E-state index in [9.17, 15) is 14.9 Å². The van der Waals surface area contributed by atoms with Crippen molar-refractivity contribution in [2.24, 2.45) is 5.10 Å². The van der Waals surface area contributed by atoms with E-state index >= 15 is 0 Å². The SMILES string of the molecule is O=C(c1ccncc1)N1N=C(c2nc3ccccc3[nH]2)CC1c1ccc([N+](=O)[O-])cc1. The minimum atomic E-state index is -0.450. The van der Waals surface area contributed by atoms with Crippen LogP contribution in [-0.2, 0) is 0 Å². The lowest BCUT2D eigenvalue weighted by atomic mass is 10.0. The van der Waals surface area contributed by atoms with E-state index < -0.39 is 11.0 Å². The summed E-state index contributed by atoms with van der Waals surface area (Å²) in [6.07, 6.45) is 3.52. The number of carbonyl (C=O) groups excluding carboxylic acids is 1. The number of nitro benzene ring substituents is 1. The van der Waals surface area contributed by atoms with E-state index in [1.807, 2.05) is 24.3 Å². The molecule has 0 radical (unpaired) electrons. The molecule has 0 fully saturated rings. The van der Waals surface area contributed by atoms with Crippen LogP contribution in [0.15, 0.2) is 78.2 Å². The summed E-state index contributed by atoms with van der Waals surface area (Å²) < 4.78 is 0. The molecule has 1 amide bonds. The number of H-pyrrole nitrogens is 1. The van der Waals surface area contributed by atoms with Gasteiger partial charge in [0.1, 0.15) is 5.71 Å². The van der Waals surface area contributed by atoms with Gasteiger partial charge in [-0.2, -0.15) is 5.10 Å². The molecule has 5 rings (SSSR count). The summed E-state index contributed by atoms with van der Waals surface area (Å²) in [5, 5.41) is 17.0. The minimum Gasteiger partial charge on any atom is -0.337 e. The average molecular weight is 412 g/mol. The zero-order chi connectivity index (χ0) is 21.4. The molecule has 3 heterocycles. The molecule has 1 unspecified atom stereocenters. The molecule has 4 aromatic rings. The predicted molar refractivity (Wildman–Crippen MR) is 113 cm³/mol. The van der Waals surface area contributed by atoms with Crippen LogP contribution in [-0.4, -0.2) is 36.5 Å². The molecule has 1 aliphatic rings. The van der Waals surface area contributed by atoms with Gasteiger partial charge in [-0.25, -0.2) is 9.99 Å². The number of nitro groups is 1. The second kappa shape index (κ2) is 7.45. The molecule has 0 spiro atoms. The number of para-hydroxylation sites is 2. The fraction of sp³-hybridized carbons (Fsp3) is 0.0909. The first-order valence-corrected chi connectivity index (χ1v) is 9.61. The van der Waals surface area contributed by atoms with Crippen molar-refractivity contribution < 1.29 is 9.72 Å². The zero-order valence-corrected chi connectivity index (χ0v) is 16.2. The van der Waals surface area contributed by atoms with Gasteiger partial charge in [0.05, 0.1) is 22.0 Å². The van der Waals surface area contributed by atoms with Gasteiger partial charge in [0.15, 0.2) is 5.82 Å². The highest BCUT2D eigenvalue weighted by atomic mass is 16.6. The first-order chi connectivity index (χ1) is 15.1. The third-order valence-corrected chi connectivity index (χ3v) is 5.20. The number of benzene rings is 2. The van der Waals surface area contributed by atoms with E-state index in [-0.39, 0.29) is 11.6 Å². The lowest BCUT2D eigenvalue weighted by molar-refractivity contribution is -0.384. The number of nitrogens with zero attached hydrogens (tertiary/aromatic N) is 5. The molecule has 152 valence electrons. The topological polar surface area (TPSA) is 117 Å². The Hall–Kier alpha value is -4.40. The first-order valence-electron chi connectivity index (χ1n) is 9.61. The molecule has 2 aromatic carbocycles. The van der Waals surface area contributed by atoms with Crippen LogP contribution in [0.5, 0.6) is 0 Å². The molecule has 0 aliphatic carbocycles. The quantitative estimate of drug-likeness (QED) is 0.403. The van der Waals surface area contributed by atoms with Crippen LogP contribution in [0.3, 0.4) is 0 Å². The molecule has 9 heteroatoms. The summed E-state index contributed by atoms with van der Waals surface area (Å²) in [4.78, 5) is 35.6. The second-order valence-corrected chi connectivity index (χ2v) is 7.10. The number of nitrogens with one attached hydrogen (secondary N) is 1. The molecule has 0 saturated carbocycles. The van der Waals surface area contributed by atoms with E-state index in [1.165, 1.54) is 17.1 Å². The molecule has 1 aliphatic heterocycles. The third-order valence-electron chi connectivity index (χ3n) is 5.20. The molecule has 0 bridgehead atoms. The molecule has 1 atom stereocenters. The fourth-order valence-electron chi connectivity index (χ4n) is 3.63. The van der Waals surface area contributed by atoms with Crippen molar-refractivity contribution in [3.05, 3.63) is 100 Å². The monoisotopic (exact) mass is 412 g/mol. The van der Waals surface area contributed by atoms with Gasteiger partial charge >= 0.3 is 0 Å². The number of fused-ring (bicyclic) bond motifs is 1. The molecular weight excluding hydrogens is 396 g/mol. The van der Waals surface area contributed by atoms with Gasteiger partial charge in [0.2, 0.25) is 0 Å². The Morgan fingerprint density at radius 1 is 1.06 bits per heavy atom. The number of rotatable bonds is 4. The highest BCUT2D eigenvalue weighted by Gasteiger charge is 2.35. The Balaban J connectivity index is 1.54. The third kappa shape index (κ3) is 3.42. The Bertz CT molecular complexity index is 1280. The Labute approximate surface area is 176 Å². The van der Waals surface area contributed by atoms with Crippen LogP contribution in [0.1, 0.15) is 34.2 Å². The van der Waals surface area contributed by atoms with Crippen molar-refractivity contribution in [2.45, 2.75) is 12.5 Å². The lowest BCUT2D eigenvalue weighted by Gasteiger charge is -2.22. The highest BCUT2D eigenvalue weighted by Crippen LogP contribution is 2.34. The molecule has 9 nitrogen and oxygen atoms in total. The smallest absolute Gasteiger partial charge is 0.274 e. The number of hydrazone groups is 1. The van der Waals surface area contributed by atoms with Gasteiger partial charge in [-0.3, -0.25) is 19.9 Å². The van der Waals surface area contributed by atoms with Crippen LogP contribution in [0, 0.1) is 10.1 Å². The number of pyridine rings is 1. The summed E-state index contributed by atoms with van der Waals surface area (Å²) in [7, 11) is 0. The van der Waals surface area contributed by atoms with Crippen LogP contribution < -0.4 is 0 Å². The van der Waals surface area contributed by atoms with Crippen LogP contribution in [0.4, 0.5) is 5.69 Å². The number of imidazole rings is 1. The van der Waals surface area contributed by atoms with Crippen LogP contribution in [0.2, 0.25) is 0 Å². The number of non-ortho nitro benzene ring substituents is 1. The fourth-order valence-corrected chi connectivity index (χ4v) is 3.63. The standard InChI is InChI=1S/C22H16N6O3/c29-22(15-9-11-23-12-10-15)27-20(14-5-7-16(8-6-14)28(30)31)13-19(26-27)21-24-17-3-1-2-4-18(17)25-21/h1-12,20H,13H2,(H,24,25). The van der Waals surface area contributed by atoms with Crippen molar-refractivity contribution in [3.8, 4) is 0 Å². The van der Waals surface area contributed by atoms with E-state index in [0.29, 0.717) is 23.5 Å². The van der Waals surface area contributed by atoms with E-state index in [0.717, 1.165) is 16.6 Å². The van der Waals surface area contributed by atoms with Gasteiger partial charge in [-0.15, -0.1) is 0 Å². The van der Waals surface area contributed by atoms with Gasteiger partial charge in [0, 0.05) is 36.5 Å². The zero-order valence-electron chi connectivity index (χ0n) is 16.2. The Kier molecular flexibility index (Phi) is 4.47. The van der Waals surface area contributed by atoms with Crippen molar-refractivity contribution in [1.29, 1.82) is 0 Å². The number of aromatic nitrogens is 3. The molecule has 1 N–H and O–H groups in total. The van der Waals surface area contributed by atoms with Gasteiger partial charge in [0.25, 0.3) is 11.6 Å². The largest absolute Gasteiger partial charge is 0.337 e. The number of amides is 1. The average Bonchev–Trinajstić information content (AvgIpc) is 3.44. The summed E-state index contributed by atoms with van der Waals surface area (Å²) >= 11 is 0. The molecule has 0 saturated heterocycles. The lowest BCUT2D eigenvalue weighted by Crippen LogP contribution is -2.27. The van der Waals surface area contributed by atoms with Gasteiger partial charge in [-0.05, 0) is 29.8 Å². The summed E-state index contributed by atoms with van der Waals surface area (Å²) in [5.74, 6) is 0.315. The van der Waals surface area contributed by atoms with E-state index in [1.54, 1.807) is 36.7 Å². The van der Waals surface area contributed by atoms with Crippen molar-refractivity contribution in [3.63, 3.8) is 0 Å². The van der Waals surface area contributed by atoms with Crippen LogP contribution in [0.25, 0.3) is 11.0 Å². The number of hydrogen-bond acceptors (Lipinski definition) is 6. The normalized spacial score (nSPS) is 15.8. The number of hydrogen-bond donors (Lipinski definition) is 1. The number of aromatic amines is 1. The predicted octanol–water partition coefficient (Wildman–Crippen LogP) is 3.86. The molecule has 2 aromatic heterocycles. The van der Waals surface area contributed by atoms with E-state index in [2.05, 4.69) is 20.1 Å². The number of carbonyl (C=O) groups is 1. The first kappa shape index (κ1) is 18.6. The van der Waals surface area contributed by atoms with Crippen molar-refractivity contribution >= 4 is 28.3 Å². The summed E-state index contributed by atoms with van der Waals surface area (Å²) in [6.45, 7) is 0. The van der Waals surface area contributed by atoms with Gasteiger partial charge < -0.3 is 4.98 Å². The van der Waals surface area contributed by atoms with Gasteiger partial charge in [-0.1, -0.05) is 24.3 Å². The summed E-state index contributed by atoms with van der Waals surface area (Å²) in [6, 6.07) is 16.7. The van der Waals surface area contributed by atoms with E-state index in [4.69, 9.17) is 0 Å².